The van der Waals surface area contributed by atoms with Gasteiger partial charge in [0.1, 0.15) is 47.7 Å². The topological polar surface area (TPSA) is 170 Å². The van der Waals surface area contributed by atoms with E-state index in [0.717, 1.165) is 5.56 Å². The summed E-state index contributed by atoms with van der Waals surface area (Å²) in [5, 5.41) is 38.7. The summed E-state index contributed by atoms with van der Waals surface area (Å²) >= 11 is 6.37. The van der Waals surface area contributed by atoms with Gasteiger partial charge >= 0.3 is 11.9 Å². The summed E-state index contributed by atoms with van der Waals surface area (Å²) in [6, 6.07) is 9.75. The smallest absolute Gasteiger partial charge is 0.342 e. The van der Waals surface area contributed by atoms with Crippen LogP contribution in [-0.4, -0.2) is 90.5 Å². The Balaban J connectivity index is 1.68. The monoisotopic (exact) mass is 570 g/mol. The lowest BCUT2D eigenvalue weighted by atomic mass is 9.99. The van der Waals surface area contributed by atoms with Gasteiger partial charge in [-0.1, -0.05) is 23.7 Å². The number of rotatable bonds is 13. The molecule has 12 nitrogen and oxygen atoms in total. The predicted molar refractivity (Wildman–Crippen MR) is 135 cm³/mol. The van der Waals surface area contributed by atoms with Gasteiger partial charge in [0.25, 0.3) is 0 Å². The fourth-order valence-electron chi connectivity index (χ4n) is 3.83. The molecule has 1 aliphatic heterocycles. The second-order valence-electron chi connectivity index (χ2n) is 8.58. The summed E-state index contributed by atoms with van der Waals surface area (Å²) < 4.78 is 32.6. The molecule has 13 heteroatoms. The molecule has 5 atom stereocenters. The van der Waals surface area contributed by atoms with E-state index in [2.05, 4.69) is 0 Å². The molecule has 0 unspecified atom stereocenters. The molecule has 2 aromatic carbocycles. The number of aliphatic hydroxyl groups is 3. The molecule has 1 aliphatic rings. The van der Waals surface area contributed by atoms with Crippen molar-refractivity contribution in [2.24, 2.45) is 0 Å². The molecule has 0 spiro atoms. The summed E-state index contributed by atoms with van der Waals surface area (Å²) in [5.74, 6) is -0.972. The van der Waals surface area contributed by atoms with Gasteiger partial charge < -0.3 is 48.8 Å². The number of hydrogen-bond donors (Lipinski definition) is 4. The Hall–Kier alpha value is -3.13. The Morgan fingerprint density at radius 2 is 1.82 bits per heavy atom. The lowest BCUT2D eigenvalue weighted by Gasteiger charge is -2.40. The molecule has 0 radical (unpaired) electrons. The van der Waals surface area contributed by atoms with Gasteiger partial charge in [-0.3, -0.25) is 4.79 Å². The minimum atomic E-state index is -1.59. The third-order valence-corrected chi connectivity index (χ3v) is 6.17. The Morgan fingerprint density at radius 1 is 1.05 bits per heavy atom. The molecular weight excluding hydrogens is 540 g/mol. The predicted octanol–water partition coefficient (Wildman–Crippen LogP) is 1.78. The number of benzene rings is 2. The number of ether oxygens (including phenoxy) is 6. The van der Waals surface area contributed by atoms with Crippen LogP contribution in [0.2, 0.25) is 5.02 Å². The minimum absolute atomic E-state index is 0.0147. The molecule has 214 valence electrons. The van der Waals surface area contributed by atoms with Crippen LogP contribution in [0.5, 0.6) is 17.2 Å². The van der Waals surface area contributed by atoms with Gasteiger partial charge in [0.05, 0.1) is 25.3 Å². The highest BCUT2D eigenvalue weighted by atomic mass is 35.5. The molecular formula is C26H31ClO12. The Labute approximate surface area is 229 Å². The van der Waals surface area contributed by atoms with Crippen molar-refractivity contribution in [1.29, 1.82) is 0 Å². The van der Waals surface area contributed by atoms with Crippen LogP contribution in [0.3, 0.4) is 0 Å². The van der Waals surface area contributed by atoms with E-state index in [-0.39, 0.29) is 41.7 Å². The molecule has 0 bridgehead atoms. The van der Waals surface area contributed by atoms with E-state index in [4.69, 9.17) is 45.1 Å². The zero-order valence-electron chi connectivity index (χ0n) is 21.3. The van der Waals surface area contributed by atoms with Crippen LogP contribution in [-0.2, 0) is 25.6 Å². The number of methoxy groups -OCH3 is 2. The molecule has 0 saturated carbocycles. The Bertz CT molecular complexity index is 1120. The van der Waals surface area contributed by atoms with Crippen molar-refractivity contribution in [3.8, 4) is 17.2 Å². The summed E-state index contributed by atoms with van der Waals surface area (Å²) in [5.41, 5.74) is 0.674. The maximum Gasteiger partial charge on any atom is 0.342 e. The van der Waals surface area contributed by atoms with Crippen LogP contribution in [0.15, 0.2) is 36.4 Å². The Kier molecular flexibility index (Phi) is 11.2. The summed E-state index contributed by atoms with van der Waals surface area (Å²) in [4.78, 5) is 23.6. The second-order valence-corrected chi connectivity index (χ2v) is 8.98. The SMILES string of the molecule is COc1cc(OCc2cccc(OCCCC(=O)O)c2)c(Cl)cc1C(=O)O[C@H]1[C@@H](OC)O[C@H](CO)[C@@H](O)[C@@H]1O. The third-order valence-electron chi connectivity index (χ3n) is 5.87. The first-order chi connectivity index (χ1) is 18.7. The fourth-order valence-corrected chi connectivity index (χ4v) is 4.05. The van der Waals surface area contributed by atoms with Crippen LogP contribution >= 0.6 is 11.6 Å². The number of carboxylic acid groups (broad SMARTS) is 1. The molecule has 0 aliphatic carbocycles. The highest BCUT2D eigenvalue weighted by molar-refractivity contribution is 6.32. The number of carbonyl (C=O) groups is 2. The molecule has 39 heavy (non-hydrogen) atoms. The number of aliphatic carboxylic acids is 1. The maximum absolute atomic E-state index is 13.0. The van der Waals surface area contributed by atoms with Crippen LogP contribution in [0.25, 0.3) is 0 Å². The number of esters is 1. The van der Waals surface area contributed by atoms with Gasteiger partial charge in [0, 0.05) is 19.6 Å². The van der Waals surface area contributed by atoms with Gasteiger partial charge in [0.2, 0.25) is 0 Å². The average Bonchev–Trinajstić information content (AvgIpc) is 2.93. The van der Waals surface area contributed by atoms with Crippen molar-refractivity contribution >= 4 is 23.5 Å². The lowest BCUT2D eigenvalue weighted by Crippen LogP contribution is -2.60. The zero-order chi connectivity index (χ0) is 28.5. The van der Waals surface area contributed by atoms with Crippen molar-refractivity contribution in [2.75, 3.05) is 27.4 Å². The van der Waals surface area contributed by atoms with Crippen molar-refractivity contribution < 1.29 is 58.4 Å². The average molecular weight is 571 g/mol. The van der Waals surface area contributed by atoms with Crippen molar-refractivity contribution in [2.45, 2.75) is 50.2 Å². The van der Waals surface area contributed by atoms with Crippen molar-refractivity contribution in [3.05, 3.63) is 52.5 Å². The van der Waals surface area contributed by atoms with Gasteiger partial charge in [0.15, 0.2) is 12.4 Å². The molecule has 2 aromatic rings. The minimum Gasteiger partial charge on any atom is -0.496 e. The van der Waals surface area contributed by atoms with E-state index < -0.39 is 49.3 Å². The molecule has 0 aromatic heterocycles. The highest BCUT2D eigenvalue weighted by Gasteiger charge is 2.47. The van der Waals surface area contributed by atoms with E-state index in [1.165, 1.54) is 26.4 Å². The number of hydrogen-bond acceptors (Lipinski definition) is 11. The molecule has 0 amide bonds. The quantitative estimate of drug-likeness (QED) is 0.203. The van der Waals surface area contributed by atoms with Crippen molar-refractivity contribution in [3.63, 3.8) is 0 Å². The first-order valence-corrected chi connectivity index (χ1v) is 12.4. The fraction of sp³-hybridized carbons (Fsp3) is 0.462. The van der Waals surface area contributed by atoms with E-state index in [1.807, 2.05) is 0 Å². The molecule has 1 fully saturated rings. The summed E-state index contributed by atoms with van der Waals surface area (Å²) in [6.45, 7) is -0.217. The Morgan fingerprint density at radius 3 is 2.49 bits per heavy atom. The highest BCUT2D eigenvalue weighted by Crippen LogP contribution is 2.35. The van der Waals surface area contributed by atoms with E-state index >= 15 is 0 Å². The van der Waals surface area contributed by atoms with Crippen LogP contribution in [0.4, 0.5) is 0 Å². The molecule has 4 N–H and O–H groups in total. The van der Waals surface area contributed by atoms with E-state index in [1.54, 1.807) is 24.3 Å². The van der Waals surface area contributed by atoms with Crippen molar-refractivity contribution in [1.82, 2.24) is 0 Å². The van der Waals surface area contributed by atoms with Gasteiger partial charge in [-0.05, 0) is 30.2 Å². The second kappa shape index (κ2) is 14.3. The van der Waals surface area contributed by atoms with E-state index in [0.29, 0.717) is 12.2 Å². The number of carbonyl (C=O) groups excluding carboxylic acids is 1. The number of carboxylic acids is 1. The largest absolute Gasteiger partial charge is 0.496 e. The van der Waals surface area contributed by atoms with Crippen LogP contribution in [0.1, 0.15) is 28.8 Å². The third kappa shape index (κ3) is 7.94. The van der Waals surface area contributed by atoms with Crippen LogP contribution in [0, 0.1) is 0 Å². The number of halogens is 1. The lowest BCUT2D eigenvalue weighted by molar-refractivity contribution is -0.293. The normalized spacial score (nSPS) is 22.7. The van der Waals surface area contributed by atoms with Crippen LogP contribution < -0.4 is 14.2 Å². The molecule has 1 saturated heterocycles. The van der Waals surface area contributed by atoms with Gasteiger partial charge in [-0.25, -0.2) is 4.79 Å². The summed E-state index contributed by atoms with van der Waals surface area (Å²) in [7, 11) is 2.59. The first kappa shape index (κ1) is 30.4. The molecule has 1 heterocycles. The molecule has 3 rings (SSSR count). The standard InChI is InChI=1S/C26H31ClO12/c1-34-18-11-19(37-13-14-5-3-6-15(9-14)36-8-4-7-21(29)30)17(27)10-16(18)25(33)39-24-23(32)22(31)20(12-28)38-26(24)35-2/h3,5-6,9-11,20,22-24,26,28,31-32H,4,7-8,12-13H2,1-2H3,(H,29,30)/t20-,22-,23+,24-,26+/m1/s1. The van der Waals surface area contributed by atoms with Gasteiger partial charge in [-0.15, -0.1) is 0 Å². The zero-order valence-corrected chi connectivity index (χ0v) is 22.1. The first-order valence-electron chi connectivity index (χ1n) is 12.0. The number of aliphatic hydroxyl groups excluding tert-OH is 3. The van der Waals surface area contributed by atoms with Gasteiger partial charge in [-0.2, -0.15) is 0 Å². The summed E-state index contributed by atoms with van der Waals surface area (Å²) in [6.07, 6.45) is -6.49. The maximum atomic E-state index is 13.0. The van der Waals surface area contributed by atoms with E-state index in [9.17, 15) is 24.9 Å².